The van der Waals surface area contributed by atoms with Crippen molar-refractivity contribution in [2.75, 3.05) is 6.79 Å². The lowest BCUT2D eigenvalue weighted by Crippen LogP contribution is -2.32. The van der Waals surface area contributed by atoms with Gasteiger partial charge in [0, 0.05) is 22.6 Å². The van der Waals surface area contributed by atoms with Crippen LogP contribution in [0, 0.1) is 0 Å². The fraction of sp³-hybridized carbons (Fsp3) is 0.348. The van der Waals surface area contributed by atoms with Gasteiger partial charge in [-0.25, -0.2) is 9.78 Å². The molecule has 0 aliphatic carbocycles. The van der Waals surface area contributed by atoms with E-state index >= 15 is 0 Å². The number of hydrogen-bond acceptors (Lipinski definition) is 8. The molecule has 0 bridgehead atoms. The highest BCUT2D eigenvalue weighted by Crippen LogP contribution is 2.42. The van der Waals surface area contributed by atoms with Crippen molar-refractivity contribution in [3.8, 4) is 22.9 Å². The van der Waals surface area contributed by atoms with Gasteiger partial charge in [0.15, 0.2) is 17.6 Å². The van der Waals surface area contributed by atoms with Crippen LogP contribution in [-0.4, -0.2) is 38.6 Å². The molecule has 3 aromatic rings. The molecule has 0 saturated carbocycles. The van der Waals surface area contributed by atoms with E-state index in [1.54, 1.807) is 17.6 Å². The smallest absolute Gasteiger partial charge is 0.340 e. The second-order valence-corrected chi connectivity index (χ2v) is 8.39. The van der Waals surface area contributed by atoms with E-state index in [2.05, 4.69) is 0 Å². The van der Waals surface area contributed by atoms with Crippen LogP contribution in [0.4, 0.5) is 0 Å². The summed E-state index contributed by atoms with van der Waals surface area (Å²) in [7, 11) is 0. The summed E-state index contributed by atoms with van der Waals surface area (Å²) in [5, 5.41) is 21.1. The molecule has 2 N–H and O–H groups in total. The normalized spacial score (nSPS) is 18.8. The van der Waals surface area contributed by atoms with Crippen LogP contribution in [0.3, 0.4) is 0 Å². The van der Waals surface area contributed by atoms with Gasteiger partial charge in [-0.05, 0) is 37.5 Å². The van der Waals surface area contributed by atoms with Crippen molar-refractivity contribution in [1.29, 1.82) is 0 Å². The van der Waals surface area contributed by atoms with Gasteiger partial charge in [0.2, 0.25) is 6.79 Å². The number of cyclic esters (lactones) is 1. The second-order valence-electron chi connectivity index (χ2n) is 8.39. The summed E-state index contributed by atoms with van der Waals surface area (Å²) in [6.45, 7) is 2.04. The number of ether oxygens (including phenoxy) is 3. The van der Waals surface area contributed by atoms with Crippen LogP contribution in [-0.2, 0) is 29.1 Å². The number of carbonyl (C=O) groups excluding carboxylic acids is 1. The van der Waals surface area contributed by atoms with Gasteiger partial charge in [0.05, 0.1) is 35.1 Å². The number of aryl methyl sites for hydroxylation is 1. The molecule has 1 unspecified atom stereocenters. The zero-order valence-corrected chi connectivity index (χ0v) is 17.3. The van der Waals surface area contributed by atoms with Crippen LogP contribution >= 0.6 is 0 Å². The summed E-state index contributed by atoms with van der Waals surface area (Å²) in [6, 6.07) is 5.38. The van der Waals surface area contributed by atoms with Crippen molar-refractivity contribution in [3.05, 3.63) is 50.8 Å². The standard InChI is InChI=1S/C23H20N2O7/c1-10(26)2-3-11-12-5-18-19(32-9-31-18)6-16(12)24-20-14(11)7-25-17(20)4-13-15(22(25)28)8-30-23(29)21(13)27/h4-6,10,21,26-27H,2-3,7-9H2,1H3/t10-,21?/m0/s1. The molecule has 32 heavy (non-hydrogen) atoms. The van der Waals surface area contributed by atoms with Crippen molar-refractivity contribution in [2.24, 2.45) is 0 Å². The Labute approximate surface area is 181 Å². The number of carbonyl (C=O) groups is 1. The summed E-state index contributed by atoms with van der Waals surface area (Å²) in [4.78, 5) is 29.9. The molecule has 164 valence electrons. The minimum atomic E-state index is -1.50. The fourth-order valence-corrected chi connectivity index (χ4v) is 4.74. The van der Waals surface area contributed by atoms with Crippen LogP contribution in [0.5, 0.6) is 11.5 Å². The second kappa shape index (κ2) is 6.78. The first-order chi connectivity index (χ1) is 15.4. The van der Waals surface area contributed by atoms with E-state index in [0.717, 1.165) is 16.5 Å². The lowest BCUT2D eigenvalue weighted by atomic mass is 9.95. The van der Waals surface area contributed by atoms with Crippen molar-refractivity contribution < 1.29 is 29.2 Å². The van der Waals surface area contributed by atoms with Gasteiger partial charge in [-0.3, -0.25) is 4.79 Å². The Morgan fingerprint density at radius 3 is 2.72 bits per heavy atom. The largest absolute Gasteiger partial charge is 0.458 e. The van der Waals surface area contributed by atoms with Crippen LogP contribution in [0.15, 0.2) is 23.0 Å². The number of esters is 1. The van der Waals surface area contributed by atoms with Crippen LogP contribution < -0.4 is 15.0 Å². The summed E-state index contributed by atoms with van der Waals surface area (Å²) in [5.74, 6) is 0.474. The number of aliphatic hydroxyl groups excluding tert-OH is 2. The van der Waals surface area contributed by atoms with E-state index in [9.17, 15) is 19.8 Å². The minimum Gasteiger partial charge on any atom is -0.458 e. The number of hydrogen-bond donors (Lipinski definition) is 2. The van der Waals surface area contributed by atoms with E-state index in [4.69, 9.17) is 19.2 Å². The summed E-state index contributed by atoms with van der Waals surface area (Å²) in [6.07, 6.45) is -0.848. The van der Waals surface area contributed by atoms with Gasteiger partial charge in [0.25, 0.3) is 5.56 Å². The summed E-state index contributed by atoms with van der Waals surface area (Å²) < 4.78 is 17.6. The van der Waals surface area contributed by atoms with Crippen molar-refractivity contribution in [2.45, 2.75) is 45.1 Å². The topological polar surface area (TPSA) is 120 Å². The first-order valence-electron chi connectivity index (χ1n) is 10.5. The van der Waals surface area contributed by atoms with Gasteiger partial charge < -0.3 is 29.0 Å². The van der Waals surface area contributed by atoms with E-state index in [1.807, 2.05) is 12.1 Å². The Hall–Kier alpha value is -3.43. The minimum absolute atomic E-state index is 0.146. The average molecular weight is 436 g/mol. The number of aliphatic hydroxyl groups is 2. The molecule has 9 heteroatoms. The predicted molar refractivity (Wildman–Crippen MR) is 111 cm³/mol. The third kappa shape index (κ3) is 2.68. The predicted octanol–water partition coefficient (Wildman–Crippen LogP) is 1.56. The number of aromatic nitrogens is 2. The van der Waals surface area contributed by atoms with Crippen molar-refractivity contribution in [3.63, 3.8) is 0 Å². The Morgan fingerprint density at radius 2 is 1.94 bits per heavy atom. The van der Waals surface area contributed by atoms with Gasteiger partial charge in [-0.1, -0.05) is 0 Å². The highest BCUT2D eigenvalue weighted by molar-refractivity contribution is 5.91. The first kappa shape index (κ1) is 19.3. The molecule has 3 aliphatic heterocycles. The molecule has 0 spiro atoms. The molecule has 0 fully saturated rings. The highest BCUT2D eigenvalue weighted by atomic mass is 16.7. The maximum atomic E-state index is 13.2. The number of nitrogens with zero attached hydrogens (tertiary/aromatic N) is 2. The lowest BCUT2D eigenvalue weighted by Gasteiger charge is -2.21. The molecular weight excluding hydrogens is 416 g/mol. The van der Waals surface area contributed by atoms with Gasteiger partial charge in [0.1, 0.15) is 6.61 Å². The Bertz CT molecular complexity index is 1380. The molecule has 5 heterocycles. The summed E-state index contributed by atoms with van der Waals surface area (Å²) in [5.41, 5.74) is 3.98. The first-order valence-corrected chi connectivity index (χ1v) is 10.5. The molecule has 6 rings (SSSR count). The molecule has 0 saturated heterocycles. The molecule has 3 aliphatic rings. The monoisotopic (exact) mass is 436 g/mol. The number of rotatable bonds is 3. The fourth-order valence-electron chi connectivity index (χ4n) is 4.74. The maximum Gasteiger partial charge on any atom is 0.340 e. The maximum absolute atomic E-state index is 13.2. The average Bonchev–Trinajstić information content (AvgIpc) is 3.37. The van der Waals surface area contributed by atoms with Gasteiger partial charge in [-0.2, -0.15) is 0 Å². The van der Waals surface area contributed by atoms with Crippen molar-refractivity contribution in [1.82, 2.24) is 9.55 Å². The van der Waals surface area contributed by atoms with Crippen LogP contribution in [0.1, 0.15) is 41.7 Å². The number of benzene rings is 1. The molecule has 2 atom stereocenters. The molecule has 0 amide bonds. The van der Waals surface area contributed by atoms with Gasteiger partial charge in [-0.15, -0.1) is 0 Å². The Balaban J connectivity index is 1.61. The van der Waals surface area contributed by atoms with E-state index in [0.29, 0.717) is 47.8 Å². The number of fused-ring (bicyclic) bond motifs is 6. The molecular formula is C23H20N2O7. The number of pyridine rings is 2. The highest BCUT2D eigenvalue weighted by Gasteiger charge is 2.35. The zero-order chi connectivity index (χ0) is 22.1. The molecule has 0 radical (unpaired) electrons. The Morgan fingerprint density at radius 1 is 1.16 bits per heavy atom. The lowest BCUT2D eigenvalue weighted by molar-refractivity contribution is -0.157. The van der Waals surface area contributed by atoms with E-state index < -0.39 is 18.2 Å². The quantitative estimate of drug-likeness (QED) is 0.464. The molecule has 1 aromatic carbocycles. The summed E-state index contributed by atoms with van der Waals surface area (Å²) >= 11 is 0. The van der Waals surface area contributed by atoms with E-state index in [-0.39, 0.29) is 30.1 Å². The molecule has 9 nitrogen and oxygen atoms in total. The SMILES string of the molecule is C[C@H](O)CCc1c2c(nc3cc4c(cc13)OCO4)-c1cc3c(c(=O)n1C2)COC(=O)C3O. The van der Waals surface area contributed by atoms with Gasteiger partial charge >= 0.3 is 5.97 Å². The van der Waals surface area contributed by atoms with Crippen LogP contribution in [0.25, 0.3) is 22.3 Å². The van der Waals surface area contributed by atoms with Crippen molar-refractivity contribution >= 4 is 16.9 Å². The molecule has 2 aromatic heterocycles. The van der Waals surface area contributed by atoms with Crippen LogP contribution in [0.2, 0.25) is 0 Å². The zero-order valence-electron chi connectivity index (χ0n) is 17.3. The Kier molecular flexibility index (Phi) is 4.08. The van der Waals surface area contributed by atoms with E-state index in [1.165, 1.54) is 0 Å². The third-order valence-electron chi connectivity index (χ3n) is 6.38. The third-order valence-corrected chi connectivity index (χ3v) is 6.38.